The highest BCUT2D eigenvalue weighted by atomic mass is 16.1. The molecule has 0 spiro atoms. The zero-order valence-corrected chi connectivity index (χ0v) is 15.5. The first-order valence-corrected chi connectivity index (χ1v) is 9.61. The molecule has 3 rings (SSSR count). The molecule has 5 heteroatoms. The summed E-state index contributed by atoms with van der Waals surface area (Å²) in [6.45, 7) is 5.15. The number of carbonyl (C=O) groups excluding carboxylic acids is 1. The second-order valence-electron chi connectivity index (χ2n) is 6.79. The number of anilines is 3. The summed E-state index contributed by atoms with van der Waals surface area (Å²) >= 11 is 0. The predicted octanol–water partition coefficient (Wildman–Crippen LogP) is 4.35. The Morgan fingerprint density at radius 2 is 1.85 bits per heavy atom. The minimum Gasteiger partial charge on any atom is -0.372 e. The van der Waals surface area contributed by atoms with Crippen LogP contribution in [0.4, 0.5) is 17.1 Å². The Morgan fingerprint density at radius 1 is 1.08 bits per heavy atom. The first-order chi connectivity index (χ1) is 12.8. The average molecular weight is 352 g/mol. The maximum atomic E-state index is 12.2. The lowest BCUT2D eigenvalue weighted by Gasteiger charge is -2.18. The number of amides is 1. The Bertz CT molecular complexity index is 708. The third kappa shape index (κ3) is 4.97. The van der Waals surface area contributed by atoms with Crippen LogP contribution in [-0.4, -0.2) is 30.5 Å². The Hall–Kier alpha value is -2.56. The standard InChI is InChI=1S/C21H28N4O/c1-2-3-4-11-23-21(26)17-14-19(16-22-15-17)24-18-7-9-20(10-8-18)25-12-5-6-13-25/h7-10,14-16,24H,2-6,11-13H2,1H3,(H,23,26). The molecule has 5 nitrogen and oxygen atoms in total. The number of carbonyl (C=O) groups is 1. The van der Waals surface area contributed by atoms with Gasteiger partial charge in [-0.15, -0.1) is 0 Å². The van der Waals surface area contributed by atoms with Crippen LogP contribution in [0.25, 0.3) is 0 Å². The van der Waals surface area contributed by atoms with Gasteiger partial charge in [0.2, 0.25) is 0 Å². The van der Waals surface area contributed by atoms with Gasteiger partial charge in [0.05, 0.1) is 17.4 Å². The molecule has 1 amide bonds. The van der Waals surface area contributed by atoms with Gasteiger partial charge in [-0.2, -0.15) is 0 Å². The van der Waals surface area contributed by atoms with Crippen molar-refractivity contribution in [3.05, 3.63) is 48.3 Å². The first kappa shape index (κ1) is 18.2. The minimum atomic E-state index is -0.0679. The zero-order valence-electron chi connectivity index (χ0n) is 15.5. The lowest BCUT2D eigenvalue weighted by atomic mass is 10.2. The SMILES string of the molecule is CCCCCNC(=O)c1cncc(Nc2ccc(N3CCCC3)cc2)c1. The van der Waals surface area contributed by atoms with E-state index in [0.717, 1.165) is 43.7 Å². The summed E-state index contributed by atoms with van der Waals surface area (Å²) in [5, 5.41) is 6.28. The van der Waals surface area contributed by atoms with Crippen LogP contribution in [0.1, 0.15) is 49.4 Å². The molecular formula is C21H28N4O. The van der Waals surface area contributed by atoms with Gasteiger partial charge in [-0.3, -0.25) is 9.78 Å². The van der Waals surface area contributed by atoms with Crippen LogP contribution in [0.2, 0.25) is 0 Å². The average Bonchev–Trinajstić information content (AvgIpc) is 3.21. The van der Waals surface area contributed by atoms with Gasteiger partial charge in [-0.1, -0.05) is 19.8 Å². The topological polar surface area (TPSA) is 57.3 Å². The summed E-state index contributed by atoms with van der Waals surface area (Å²) in [6, 6.07) is 10.3. The summed E-state index contributed by atoms with van der Waals surface area (Å²) < 4.78 is 0. The van der Waals surface area contributed by atoms with Crippen LogP contribution in [0.5, 0.6) is 0 Å². The van der Waals surface area contributed by atoms with E-state index in [0.29, 0.717) is 12.1 Å². The van der Waals surface area contributed by atoms with Gasteiger partial charge >= 0.3 is 0 Å². The number of nitrogens with one attached hydrogen (secondary N) is 2. The van der Waals surface area contributed by atoms with Crippen molar-refractivity contribution in [1.29, 1.82) is 0 Å². The molecule has 1 aromatic carbocycles. The summed E-state index contributed by atoms with van der Waals surface area (Å²) in [7, 11) is 0. The molecular weight excluding hydrogens is 324 g/mol. The van der Waals surface area contributed by atoms with Gasteiger partial charge in [-0.05, 0) is 49.6 Å². The van der Waals surface area contributed by atoms with E-state index in [-0.39, 0.29) is 5.91 Å². The van der Waals surface area contributed by atoms with Crippen molar-refractivity contribution in [3.8, 4) is 0 Å². The van der Waals surface area contributed by atoms with Crippen molar-refractivity contribution < 1.29 is 4.79 Å². The van der Waals surface area contributed by atoms with Gasteiger partial charge in [-0.25, -0.2) is 0 Å². The molecule has 138 valence electrons. The molecule has 1 fully saturated rings. The third-order valence-corrected chi connectivity index (χ3v) is 4.69. The van der Waals surface area contributed by atoms with Crippen molar-refractivity contribution in [2.45, 2.75) is 39.0 Å². The molecule has 0 atom stereocenters. The number of hydrogen-bond acceptors (Lipinski definition) is 4. The molecule has 0 unspecified atom stereocenters. The number of benzene rings is 1. The Balaban J connectivity index is 1.58. The summed E-state index contributed by atoms with van der Waals surface area (Å²) in [5.41, 5.74) is 3.67. The van der Waals surface area contributed by atoms with E-state index in [1.54, 1.807) is 12.4 Å². The van der Waals surface area contributed by atoms with E-state index in [2.05, 4.69) is 51.7 Å². The minimum absolute atomic E-state index is 0.0679. The van der Waals surface area contributed by atoms with Crippen molar-refractivity contribution in [1.82, 2.24) is 10.3 Å². The number of rotatable bonds is 8. The van der Waals surface area contributed by atoms with Gasteiger partial charge in [0.15, 0.2) is 0 Å². The smallest absolute Gasteiger partial charge is 0.252 e. The third-order valence-electron chi connectivity index (χ3n) is 4.69. The monoisotopic (exact) mass is 352 g/mol. The largest absolute Gasteiger partial charge is 0.372 e. The van der Waals surface area contributed by atoms with Gasteiger partial charge < -0.3 is 15.5 Å². The van der Waals surface area contributed by atoms with Crippen LogP contribution in [0.3, 0.4) is 0 Å². The predicted molar refractivity (Wildman–Crippen MR) is 107 cm³/mol. The van der Waals surface area contributed by atoms with E-state index < -0.39 is 0 Å². The molecule has 26 heavy (non-hydrogen) atoms. The van der Waals surface area contributed by atoms with Crippen LogP contribution in [0, 0.1) is 0 Å². The van der Waals surface area contributed by atoms with E-state index in [1.807, 2.05) is 6.07 Å². The lowest BCUT2D eigenvalue weighted by Crippen LogP contribution is -2.24. The second kappa shape index (κ2) is 9.22. The van der Waals surface area contributed by atoms with E-state index >= 15 is 0 Å². The fourth-order valence-electron chi connectivity index (χ4n) is 3.21. The highest BCUT2D eigenvalue weighted by molar-refractivity contribution is 5.94. The van der Waals surface area contributed by atoms with Crippen LogP contribution >= 0.6 is 0 Å². The van der Waals surface area contributed by atoms with E-state index in [9.17, 15) is 4.79 Å². The van der Waals surface area contributed by atoms with Crippen molar-refractivity contribution in [2.75, 3.05) is 29.9 Å². The normalized spacial score (nSPS) is 13.7. The number of unbranched alkanes of at least 4 members (excludes halogenated alkanes) is 2. The number of pyridine rings is 1. The fourth-order valence-corrected chi connectivity index (χ4v) is 3.21. The van der Waals surface area contributed by atoms with Crippen LogP contribution in [0.15, 0.2) is 42.7 Å². The Morgan fingerprint density at radius 3 is 2.58 bits per heavy atom. The van der Waals surface area contributed by atoms with Crippen molar-refractivity contribution in [2.24, 2.45) is 0 Å². The van der Waals surface area contributed by atoms with E-state index in [1.165, 1.54) is 18.5 Å². The van der Waals surface area contributed by atoms with Gasteiger partial charge in [0.25, 0.3) is 5.91 Å². The summed E-state index contributed by atoms with van der Waals surface area (Å²) in [5.74, 6) is -0.0679. The number of aromatic nitrogens is 1. The van der Waals surface area contributed by atoms with Crippen LogP contribution < -0.4 is 15.5 Å². The maximum Gasteiger partial charge on any atom is 0.252 e. The number of nitrogens with zero attached hydrogens (tertiary/aromatic N) is 2. The first-order valence-electron chi connectivity index (χ1n) is 9.61. The molecule has 2 heterocycles. The molecule has 1 saturated heterocycles. The molecule has 2 aromatic rings. The maximum absolute atomic E-state index is 12.2. The zero-order chi connectivity index (χ0) is 18.2. The molecule has 1 aliphatic rings. The molecule has 2 N–H and O–H groups in total. The second-order valence-corrected chi connectivity index (χ2v) is 6.79. The van der Waals surface area contributed by atoms with Crippen LogP contribution in [-0.2, 0) is 0 Å². The summed E-state index contributed by atoms with van der Waals surface area (Å²) in [4.78, 5) is 18.8. The van der Waals surface area contributed by atoms with Crippen molar-refractivity contribution >= 4 is 23.0 Å². The van der Waals surface area contributed by atoms with Crippen molar-refractivity contribution in [3.63, 3.8) is 0 Å². The van der Waals surface area contributed by atoms with Gasteiger partial charge in [0.1, 0.15) is 0 Å². The quantitative estimate of drug-likeness (QED) is 0.694. The molecule has 0 aliphatic carbocycles. The molecule has 0 saturated carbocycles. The van der Waals surface area contributed by atoms with E-state index in [4.69, 9.17) is 0 Å². The summed E-state index contributed by atoms with van der Waals surface area (Å²) in [6.07, 6.45) is 9.19. The molecule has 1 aromatic heterocycles. The highest BCUT2D eigenvalue weighted by Gasteiger charge is 2.12. The Kier molecular flexibility index (Phi) is 6.47. The molecule has 0 radical (unpaired) electrons. The number of hydrogen-bond donors (Lipinski definition) is 2. The molecule has 1 aliphatic heterocycles. The fraction of sp³-hybridized carbons (Fsp3) is 0.429. The molecule has 0 bridgehead atoms. The Labute approximate surface area is 155 Å². The highest BCUT2D eigenvalue weighted by Crippen LogP contribution is 2.24. The lowest BCUT2D eigenvalue weighted by molar-refractivity contribution is 0.0952. The van der Waals surface area contributed by atoms with Gasteiger partial charge in [0, 0.05) is 37.2 Å².